The largest absolute Gasteiger partial charge is 0.417 e. The fraction of sp³-hybridized carbons (Fsp3) is 0.333. The number of ether oxygens (including phenoxy) is 1. The Bertz CT molecular complexity index is 1080. The molecule has 0 aromatic heterocycles. The van der Waals surface area contributed by atoms with Crippen LogP contribution in [0.15, 0.2) is 48.0 Å². The minimum atomic E-state index is -4.63. The van der Waals surface area contributed by atoms with E-state index in [1.165, 1.54) is 6.07 Å². The van der Waals surface area contributed by atoms with Crippen LogP contribution in [0.3, 0.4) is 0 Å². The molecule has 1 fully saturated rings. The van der Waals surface area contributed by atoms with E-state index in [0.717, 1.165) is 17.7 Å². The van der Waals surface area contributed by atoms with Crippen LogP contribution in [0, 0.1) is 0 Å². The van der Waals surface area contributed by atoms with Crippen LogP contribution in [0.5, 0.6) is 0 Å². The molecule has 2 aromatic rings. The highest BCUT2D eigenvalue weighted by molar-refractivity contribution is 6.31. The minimum absolute atomic E-state index is 0.0232. The summed E-state index contributed by atoms with van der Waals surface area (Å²) in [5.41, 5.74) is 0.685. The SMILES string of the molecule is C/C(=C\c1ccc(NC(=O)Nc2ccc(Cl)c(C(F)(F)F)c2)cc1)C(=O)N1CC(C)OC(C)C1. The van der Waals surface area contributed by atoms with Gasteiger partial charge in [-0.05, 0) is 62.7 Å². The molecule has 0 spiro atoms. The first kappa shape index (κ1) is 25.6. The number of rotatable bonds is 4. The number of benzene rings is 2. The van der Waals surface area contributed by atoms with Crippen molar-refractivity contribution in [1.29, 1.82) is 0 Å². The average molecular weight is 496 g/mol. The quantitative estimate of drug-likeness (QED) is 0.508. The number of anilines is 2. The van der Waals surface area contributed by atoms with Crippen LogP contribution in [0.25, 0.3) is 6.08 Å². The Hall–Kier alpha value is -3.04. The third kappa shape index (κ3) is 6.74. The Morgan fingerprint density at radius 1 is 1.03 bits per heavy atom. The maximum atomic E-state index is 13.0. The molecule has 6 nitrogen and oxygen atoms in total. The van der Waals surface area contributed by atoms with Crippen molar-refractivity contribution in [3.8, 4) is 0 Å². The highest BCUT2D eigenvalue weighted by Crippen LogP contribution is 2.36. The number of nitrogens with zero attached hydrogens (tertiary/aromatic N) is 1. The van der Waals surface area contributed by atoms with Crippen molar-refractivity contribution in [3.05, 3.63) is 64.2 Å². The molecule has 2 N–H and O–H groups in total. The molecule has 0 radical (unpaired) electrons. The Morgan fingerprint density at radius 2 is 1.59 bits per heavy atom. The molecule has 0 bridgehead atoms. The summed E-state index contributed by atoms with van der Waals surface area (Å²) >= 11 is 5.59. The van der Waals surface area contributed by atoms with Gasteiger partial charge < -0.3 is 20.3 Å². The molecule has 1 aliphatic heterocycles. The van der Waals surface area contributed by atoms with Crippen LogP contribution in [0.4, 0.5) is 29.3 Å². The van der Waals surface area contributed by atoms with Gasteiger partial charge in [-0.1, -0.05) is 23.7 Å². The molecule has 2 atom stereocenters. The van der Waals surface area contributed by atoms with Crippen molar-refractivity contribution >= 4 is 41.0 Å². The van der Waals surface area contributed by atoms with Crippen LogP contribution in [-0.4, -0.2) is 42.1 Å². The summed E-state index contributed by atoms with van der Waals surface area (Å²) in [6, 6.07) is 9.12. The van der Waals surface area contributed by atoms with Crippen molar-refractivity contribution in [2.75, 3.05) is 23.7 Å². The third-order valence-electron chi connectivity index (χ3n) is 5.13. The first-order valence-electron chi connectivity index (χ1n) is 10.6. The van der Waals surface area contributed by atoms with Gasteiger partial charge in [-0.25, -0.2) is 4.79 Å². The molecule has 3 amide bonds. The van der Waals surface area contributed by atoms with Gasteiger partial charge in [0.15, 0.2) is 0 Å². The first-order chi connectivity index (χ1) is 15.9. The minimum Gasteiger partial charge on any atom is -0.372 e. The molecular weight excluding hydrogens is 471 g/mol. The summed E-state index contributed by atoms with van der Waals surface area (Å²) in [6.07, 6.45) is -2.93. The van der Waals surface area contributed by atoms with Gasteiger partial charge in [0.1, 0.15) is 0 Å². The van der Waals surface area contributed by atoms with E-state index in [1.54, 1.807) is 42.2 Å². The van der Waals surface area contributed by atoms with Crippen molar-refractivity contribution in [3.63, 3.8) is 0 Å². The number of halogens is 4. The maximum Gasteiger partial charge on any atom is 0.417 e. The van der Waals surface area contributed by atoms with Gasteiger partial charge >= 0.3 is 12.2 Å². The second-order valence-electron chi connectivity index (χ2n) is 8.19. The van der Waals surface area contributed by atoms with Crippen LogP contribution in [0.1, 0.15) is 31.9 Å². The van der Waals surface area contributed by atoms with Crippen molar-refractivity contribution in [1.82, 2.24) is 4.90 Å². The van der Waals surface area contributed by atoms with E-state index < -0.39 is 22.8 Å². The summed E-state index contributed by atoms with van der Waals surface area (Å²) in [7, 11) is 0. The predicted octanol–water partition coefficient (Wildman–Crippen LogP) is 6.04. The normalized spacial score (nSPS) is 19.0. The van der Waals surface area contributed by atoms with E-state index in [9.17, 15) is 22.8 Å². The van der Waals surface area contributed by atoms with Crippen LogP contribution in [-0.2, 0) is 15.7 Å². The van der Waals surface area contributed by atoms with E-state index in [1.807, 2.05) is 13.8 Å². The molecule has 2 unspecified atom stereocenters. The van der Waals surface area contributed by atoms with Crippen molar-refractivity contribution in [2.24, 2.45) is 0 Å². The fourth-order valence-corrected chi connectivity index (χ4v) is 3.91. The summed E-state index contributed by atoms with van der Waals surface area (Å²) in [5, 5.41) is 4.46. The lowest BCUT2D eigenvalue weighted by molar-refractivity contribution is -0.139. The van der Waals surface area contributed by atoms with E-state index in [-0.39, 0.29) is 23.8 Å². The number of morpholine rings is 1. The van der Waals surface area contributed by atoms with Gasteiger partial charge in [-0.2, -0.15) is 13.2 Å². The van der Waals surface area contributed by atoms with Gasteiger partial charge in [0, 0.05) is 30.0 Å². The number of alkyl halides is 3. The van der Waals surface area contributed by atoms with E-state index in [0.29, 0.717) is 24.4 Å². The maximum absolute atomic E-state index is 13.0. The summed E-state index contributed by atoms with van der Waals surface area (Å²) in [6.45, 7) is 6.67. The first-order valence-corrected chi connectivity index (χ1v) is 11.0. The second kappa shape index (κ2) is 10.5. The zero-order valence-corrected chi connectivity index (χ0v) is 19.6. The van der Waals surface area contributed by atoms with Gasteiger partial charge in [0.2, 0.25) is 5.91 Å². The Morgan fingerprint density at radius 3 is 2.18 bits per heavy atom. The van der Waals surface area contributed by atoms with Gasteiger partial charge in [0.05, 0.1) is 22.8 Å². The number of nitrogens with one attached hydrogen (secondary N) is 2. The molecule has 1 aliphatic rings. The zero-order valence-electron chi connectivity index (χ0n) is 18.9. The summed E-state index contributed by atoms with van der Waals surface area (Å²) < 4.78 is 44.6. The Labute approximate surface area is 200 Å². The molecule has 0 saturated carbocycles. The molecular formula is C24H25ClF3N3O3. The molecule has 2 aromatic carbocycles. The zero-order chi connectivity index (χ0) is 25.0. The topological polar surface area (TPSA) is 70.7 Å². The van der Waals surface area contributed by atoms with E-state index in [4.69, 9.17) is 16.3 Å². The average Bonchev–Trinajstić information content (AvgIpc) is 2.74. The van der Waals surface area contributed by atoms with E-state index >= 15 is 0 Å². The molecule has 0 aliphatic carbocycles. The van der Waals surface area contributed by atoms with Crippen LogP contribution >= 0.6 is 11.6 Å². The number of carbonyl (C=O) groups is 2. The number of hydrogen-bond acceptors (Lipinski definition) is 3. The molecule has 3 rings (SSSR count). The molecule has 1 heterocycles. The second-order valence-corrected chi connectivity index (χ2v) is 8.60. The lowest BCUT2D eigenvalue weighted by atomic mass is 10.1. The van der Waals surface area contributed by atoms with E-state index in [2.05, 4.69) is 10.6 Å². The van der Waals surface area contributed by atoms with Crippen molar-refractivity contribution in [2.45, 2.75) is 39.2 Å². The summed E-state index contributed by atoms with van der Waals surface area (Å²) in [4.78, 5) is 26.7. The highest BCUT2D eigenvalue weighted by Gasteiger charge is 2.33. The predicted molar refractivity (Wildman–Crippen MR) is 126 cm³/mol. The number of urea groups is 1. The third-order valence-corrected chi connectivity index (χ3v) is 5.46. The summed E-state index contributed by atoms with van der Waals surface area (Å²) in [5.74, 6) is -0.0650. The van der Waals surface area contributed by atoms with Crippen LogP contribution in [0.2, 0.25) is 5.02 Å². The highest BCUT2D eigenvalue weighted by atomic mass is 35.5. The number of hydrogen-bond donors (Lipinski definition) is 2. The molecule has 10 heteroatoms. The van der Waals surface area contributed by atoms with Gasteiger partial charge in [0.25, 0.3) is 0 Å². The molecule has 182 valence electrons. The Kier molecular flexibility index (Phi) is 7.89. The van der Waals surface area contributed by atoms with Gasteiger partial charge in [-0.15, -0.1) is 0 Å². The fourth-order valence-electron chi connectivity index (χ4n) is 3.68. The molecule has 34 heavy (non-hydrogen) atoms. The molecule has 1 saturated heterocycles. The van der Waals surface area contributed by atoms with Gasteiger partial charge in [-0.3, -0.25) is 4.79 Å². The monoisotopic (exact) mass is 495 g/mol. The lowest BCUT2D eigenvalue weighted by Crippen LogP contribution is -2.48. The smallest absolute Gasteiger partial charge is 0.372 e. The lowest BCUT2D eigenvalue weighted by Gasteiger charge is -2.35. The number of amides is 3. The van der Waals surface area contributed by atoms with Crippen LogP contribution < -0.4 is 10.6 Å². The number of carbonyl (C=O) groups excluding carboxylic acids is 2. The Balaban J connectivity index is 1.61. The standard InChI is InChI=1S/C24H25ClF3N3O3/c1-14(22(32)31-12-15(2)34-16(3)13-31)10-17-4-6-18(7-5-17)29-23(33)30-19-8-9-21(25)20(11-19)24(26,27)28/h4-11,15-16H,12-13H2,1-3H3,(H2,29,30,33)/b14-10+. The van der Waals surface area contributed by atoms with Crippen molar-refractivity contribution < 1.29 is 27.5 Å².